The van der Waals surface area contributed by atoms with Gasteiger partial charge in [0.1, 0.15) is 0 Å². The number of hydrogen-bond donors (Lipinski definition) is 2. The molecule has 0 heterocycles. The Hall–Kier alpha value is -1.99. The zero-order chi connectivity index (χ0) is 11.3. The fourth-order valence-corrected chi connectivity index (χ4v) is 1.07. The van der Waals surface area contributed by atoms with E-state index >= 15 is 0 Å². The molecule has 0 saturated carbocycles. The standard InChI is InChI=1S/C11H12N2O2/c1-15-11(14)9-5-4-8(3-2-6-12)10(13)7-9/h4-5,7H,6,12-13H2,1H3. The van der Waals surface area contributed by atoms with Crippen LogP contribution >= 0.6 is 0 Å². The topological polar surface area (TPSA) is 78.3 Å². The zero-order valence-electron chi connectivity index (χ0n) is 8.41. The Bertz CT molecular complexity index is 430. The monoisotopic (exact) mass is 204 g/mol. The number of nitrogen functional groups attached to an aromatic ring is 1. The molecule has 1 aromatic carbocycles. The molecule has 1 rings (SSSR count). The normalized spacial score (nSPS) is 8.93. The molecule has 0 aliphatic heterocycles. The minimum Gasteiger partial charge on any atom is -0.465 e. The van der Waals surface area contributed by atoms with Crippen LogP contribution in [0.5, 0.6) is 0 Å². The number of anilines is 1. The fraction of sp³-hybridized carbons (Fsp3) is 0.182. The minimum absolute atomic E-state index is 0.276. The van der Waals surface area contributed by atoms with Crippen LogP contribution in [0, 0.1) is 11.8 Å². The van der Waals surface area contributed by atoms with Crippen LogP contribution in [0.25, 0.3) is 0 Å². The van der Waals surface area contributed by atoms with E-state index in [1.165, 1.54) is 13.2 Å². The molecule has 0 fully saturated rings. The number of carbonyl (C=O) groups excluding carboxylic acids is 1. The molecule has 4 heteroatoms. The Morgan fingerprint density at radius 3 is 2.80 bits per heavy atom. The summed E-state index contributed by atoms with van der Waals surface area (Å²) in [4.78, 5) is 11.2. The van der Waals surface area contributed by atoms with Gasteiger partial charge in [-0.25, -0.2) is 4.79 Å². The number of rotatable bonds is 1. The molecule has 0 bridgehead atoms. The van der Waals surface area contributed by atoms with Gasteiger partial charge in [0.15, 0.2) is 0 Å². The van der Waals surface area contributed by atoms with E-state index in [0.717, 1.165) is 0 Å². The molecule has 0 aliphatic rings. The molecule has 0 aliphatic carbocycles. The third-order valence-electron chi connectivity index (χ3n) is 1.80. The van der Waals surface area contributed by atoms with Crippen molar-refractivity contribution in [1.29, 1.82) is 0 Å². The van der Waals surface area contributed by atoms with Crippen LogP contribution in [0.1, 0.15) is 15.9 Å². The highest BCUT2D eigenvalue weighted by atomic mass is 16.5. The van der Waals surface area contributed by atoms with E-state index in [0.29, 0.717) is 16.8 Å². The second-order valence-electron chi connectivity index (χ2n) is 2.80. The van der Waals surface area contributed by atoms with Gasteiger partial charge < -0.3 is 16.2 Å². The quantitative estimate of drug-likeness (QED) is 0.393. The third-order valence-corrected chi connectivity index (χ3v) is 1.80. The molecule has 0 saturated heterocycles. The van der Waals surface area contributed by atoms with Crippen molar-refractivity contribution in [1.82, 2.24) is 0 Å². The van der Waals surface area contributed by atoms with Crippen LogP contribution in [-0.2, 0) is 4.74 Å². The molecular formula is C11H12N2O2. The Kier molecular flexibility index (Phi) is 3.72. The number of methoxy groups -OCH3 is 1. The van der Waals surface area contributed by atoms with Crippen molar-refractivity contribution in [2.24, 2.45) is 5.73 Å². The summed E-state index contributed by atoms with van der Waals surface area (Å²) >= 11 is 0. The van der Waals surface area contributed by atoms with E-state index in [9.17, 15) is 4.79 Å². The van der Waals surface area contributed by atoms with Crippen molar-refractivity contribution < 1.29 is 9.53 Å². The van der Waals surface area contributed by atoms with Crippen LogP contribution in [0.15, 0.2) is 18.2 Å². The molecular weight excluding hydrogens is 192 g/mol. The molecule has 1 aromatic rings. The van der Waals surface area contributed by atoms with Crippen molar-refractivity contribution in [2.75, 3.05) is 19.4 Å². The maximum absolute atomic E-state index is 11.2. The zero-order valence-corrected chi connectivity index (χ0v) is 8.41. The van der Waals surface area contributed by atoms with Gasteiger partial charge in [-0.3, -0.25) is 0 Å². The van der Waals surface area contributed by atoms with E-state index < -0.39 is 5.97 Å². The number of ether oxygens (including phenoxy) is 1. The van der Waals surface area contributed by atoms with Crippen molar-refractivity contribution in [3.05, 3.63) is 29.3 Å². The smallest absolute Gasteiger partial charge is 0.337 e. The van der Waals surface area contributed by atoms with Crippen LogP contribution < -0.4 is 11.5 Å². The maximum Gasteiger partial charge on any atom is 0.337 e. The summed E-state index contributed by atoms with van der Waals surface area (Å²) in [5, 5.41) is 0. The van der Waals surface area contributed by atoms with Crippen LogP contribution in [-0.4, -0.2) is 19.6 Å². The van der Waals surface area contributed by atoms with Gasteiger partial charge in [0.2, 0.25) is 0 Å². The number of nitrogens with two attached hydrogens (primary N) is 2. The minimum atomic E-state index is -0.417. The predicted molar refractivity (Wildman–Crippen MR) is 58.1 cm³/mol. The molecule has 0 unspecified atom stereocenters. The fourth-order valence-electron chi connectivity index (χ4n) is 1.07. The summed E-state index contributed by atoms with van der Waals surface area (Å²) in [5.74, 6) is 5.08. The maximum atomic E-state index is 11.2. The summed E-state index contributed by atoms with van der Waals surface area (Å²) in [7, 11) is 1.32. The molecule has 0 atom stereocenters. The molecule has 4 nitrogen and oxygen atoms in total. The van der Waals surface area contributed by atoms with Crippen molar-refractivity contribution >= 4 is 11.7 Å². The molecule has 0 spiro atoms. The van der Waals surface area contributed by atoms with Crippen LogP contribution in [0.2, 0.25) is 0 Å². The first-order valence-corrected chi connectivity index (χ1v) is 4.36. The summed E-state index contributed by atoms with van der Waals surface area (Å²) < 4.78 is 4.56. The van der Waals surface area contributed by atoms with E-state index in [1.807, 2.05) is 0 Å². The van der Waals surface area contributed by atoms with E-state index in [-0.39, 0.29) is 6.54 Å². The first kappa shape index (κ1) is 11.1. The van der Waals surface area contributed by atoms with Gasteiger partial charge in [0.25, 0.3) is 0 Å². The number of benzene rings is 1. The Morgan fingerprint density at radius 1 is 1.53 bits per heavy atom. The van der Waals surface area contributed by atoms with Crippen LogP contribution in [0.4, 0.5) is 5.69 Å². The Morgan fingerprint density at radius 2 is 2.27 bits per heavy atom. The second-order valence-corrected chi connectivity index (χ2v) is 2.80. The highest BCUT2D eigenvalue weighted by Crippen LogP contribution is 2.13. The number of esters is 1. The molecule has 0 radical (unpaired) electrons. The van der Waals surface area contributed by atoms with Crippen molar-refractivity contribution in [3.63, 3.8) is 0 Å². The van der Waals surface area contributed by atoms with Gasteiger partial charge in [0.05, 0.1) is 19.2 Å². The lowest BCUT2D eigenvalue weighted by Crippen LogP contribution is -2.03. The van der Waals surface area contributed by atoms with Crippen LogP contribution in [0.3, 0.4) is 0 Å². The van der Waals surface area contributed by atoms with E-state index in [4.69, 9.17) is 11.5 Å². The van der Waals surface area contributed by atoms with E-state index in [2.05, 4.69) is 16.6 Å². The molecule has 78 valence electrons. The lowest BCUT2D eigenvalue weighted by molar-refractivity contribution is 0.0601. The highest BCUT2D eigenvalue weighted by molar-refractivity contribution is 5.90. The summed E-state index contributed by atoms with van der Waals surface area (Å²) in [5.41, 5.74) is 12.5. The molecule has 15 heavy (non-hydrogen) atoms. The average Bonchev–Trinajstić information content (AvgIpc) is 2.26. The third kappa shape index (κ3) is 2.73. The van der Waals surface area contributed by atoms with Gasteiger partial charge >= 0.3 is 5.97 Å². The highest BCUT2D eigenvalue weighted by Gasteiger charge is 2.06. The molecule has 0 aromatic heterocycles. The number of hydrogen-bond acceptors (Lipinski definition) is 4. The summed E-state index contributed by atoms with van der Waals surface area (Å²) in [6, 6.07) is 4.82. The number of carbonyl (C=O) groups is 1. The average molecular weight is 204 g/mol. The van der Waals surface area contributed by atoms with Gasteiger partial charge in [-0.2, -0.15) is 0 Å². The second kappa shape index (κ2) is 5.03. The lowest BCUT2D eigenvalue weighted by Gasteiger charge is -2.02. The predicted octanol–water partition coefficient (Wildman–Crippen LogP) is 0.366. The Balaban J connectivity index is 3.03. The van der Waals surface area contributed by atoms with Gasteiger partial charge in [0, 0.05) is 11.3 Å². The van der Waals surface area contributed by atoms with Crippen molar-refractivity contribution in [3.8, 4) is 11.8 Å². The van der Waals surface area contributed by atoms with Gasteiger partial charge in [-0.15, -0.1) is 0 Å². The Labute approximate surface area is 88.2 Å². The SMILES string of the molecule is COC(=O)c1ccc(C#CCN)c(N)c1. The first-order valence-electron chi connectivity index (χ1n) is 4.36. The van der Waals surface area contributed by atoms with E-state index in [1.54, 1.807) is 12.1 Å². The molecule has 4 N–H and O–H groups in total. The van der Waals surface area contributed by atoms with Gasteiger partial charge in [-0.05, 0) is 18.2 Å². The molecule has 0 amide bonds. The summed E-state index contributed by atoms with van der Waals surface area (Å²) in [6.45, 7) is 0.276. The summed E-state index contributed by atoms with van der Waals surface area (Å²) in [6.07, 6.45) is 0. The largest absolute Gasteiger partial charge is 0.465 e. The van der Waals surface area contributed by atoms with Gasteiger partial charge in [-0.1, -0.05) is 11.8 Å². The lowest BCUT2D eigenvalue weighted by atomic mass is 10.1. The van der Waals surface area contributed by atoms with Crippen molar-refractivity contribution in [2.45, 2.75) is 0 Å². The first-order chi connectivity index (χ1) is 7.19.